The maximum atomic E-state index is 12.2. The molecule has 0 spiro atoms. The van der Waals surface area contributed by atoms with Crippen molar-refractivity contribution in [2.24, 2.45) is 0 Å². The Morgan fingerprint density at radius 1 is 1.14 bits per heavy atom. The first-order valence-electron chi connectivity index (χ1n) is 8.83. The van der Waals surface area contributed by atoms with Gasteiger partial charge in [0.1, 0.15) is 16.8 Å². The van der Waals surface area contributed by atoms with Gasteiger partial charge in [0.05, 0.1) is 18.4 Å². The Hall–Kier alpha value is -2.82. The van der Waals surface area contributed by atoms with E-state index in [4.69, 9.17) is 4.74 Å². The number of carbonyl (C=O) groups is 1. The molecule has 146 valence electrons. The Morgan fingerprint density at radius 3 is 2.52 bits per heavy atom. The van der Waals surface area contributed by atoms with Gasteiger partial charge in [-0.3, -0.25) is 4.79 Å². The van der Waals surface area contributed by atoms with E-state index in [1.54, 1.807) is 13.2 Å². The van der Waals surface area contributed by atoms with Crippen molar-refractivity contribution >= 4 is 39.3 Å². The lowest BCUT2D eigenvalue weighted by Crippen LogP contribution is -2.12. The van der Waals surface area contributed by atoms with E-state index in [-0.39, 0.29) is 5.91 Å². The average molecular weight is 468 g/mol. The number of rotatable bonds is 7. The third-order valence-corrected chi connectivity index (χ3v) is 5.58. The number of halogens is 1. The van der Waals surface area contributed by atoms with Crippen LogP contribution in [0.2, 0.25) is 0 Å². The monoisotopic (exact) mass is 467 g/mol. The molecule has 3 rings (SSSR count). The first-order valence-corrected chi connectivity index (χ1v) is 10.6. The van der Waals surface area contributed by atoms with Crippen LogP contribution >= 0.6 is 27.7 Å². The van der Waals surface area contributed by atoms with Crippen LogP contribution in [0.3, 0.4) is 0 Å². The molecule has 0 saturated carbocycles. The Balaban J connectivity index is 1.63. The fourth-order valence-electron chi connectivity index (χ4n) is 2.56. The summed E-state index contributed by atoms with van der Waals surface area (Å²) in [6.45, 7) is 0. The minimum atomic E-state index is -0.0790. The van der Waals surface area contributed by atoms with Gasteiger partial charge in [-0.1, -0.05) is 15.9 Å². The lowest BCUT2D eigenvalue weighted by atomic mass is 10.1. The molecule has 2 aromatic carbocycles. The Labute approximate surface area is 182 Å². The van der Waals surface area contributed by atoms with E-state index >= 15 is 0 Å². The SMILES string of the molecule is COc1ccc(-c2ccc(C#N)c(SCCC(=O)Nc3ccc(Br)cc3)n2)cc1. The molecular weight excluding hydrogens is 450 g/mol. The number of ether oxygens (including phenoxy) is 1. The molecule has 0 aliphatic heterocycles. The standard InChI is InChI=1S/C22H18BrN3O2S/c1-28-19-9-2-15(3-10-19)20-11-4-16(14-24)22(26-20)29-13-12-21(27)25-18-7-5-17(23)6-8-18/h2-11H,12-13H2,1H3,(H,25,27). The van der Waals surface area contributed by atoms with Gasteiger partial charge in [-0.25, -0.2) is 4.98 Å². The highest BCUT2D eigenvalue weighted by Crippen LogP contribution is 2.27. The van der Waals surface area contributed by atoms with Crippen molar-refractivity contribution in [1.29, 1.82) is 5.26 Å². The summed E-state index contributed by atoms with van der Waals surface area (Å²) in [6.07, 6.45) is 0.319. The summed E-state index contributed by atoms with van der Waals surface area (Å²) in [5.41, 5.74) is 2.96. The van der Waals surface area contributed by atoms with Gasteiger partial charge in [0.25, 0.3) is 0 Å². The van der Waals surface area contributed by atoms with Crippen molar-refractivity contribution < 1.29 is 9.53 Å². The molecule has 29 heavy (non-hydrogen) atoms. The first-order chi connectivity index (χ1) is 14.1. The van der Waals surface area contributed by atoms with Crippen molar-refractivity contribution in [2.45, 2.75) is 11.4 Å². The van der Waals surface area contributed by atoms with Crippen LogP contribution in [-0.4, -0.2) is 23.8 Å². The van der Waals surface area contributed by atoms with Gasteiger partial charge >= 0.3 is 0 Å². The number of nitrogens with zero attached hydrogens (tertiary/aromatic N) is 2. The molecule has 0 aliphatic rings. The number of hydrogen-bond donors (Lipinski definition) is 1. The molecule has 0 saturated heterocycles. The van der Waals surface area contributed by atoms with E-state index < -0.39 is 0 Å². The molecule has 0 aliphatic carbocycles. The zero-order valence-electron chi connectivity index (χ0n) is 15.7. The fourth-order valence-corrected chi connectivity index (χ4v) is 3.73. The van der Waals surface area contributed by atoms with Gasteiger partial charge in [-0.15, -0.1) is 11.8 Å². The maximum absolute atomic E-state index is 12.2. The van der Waals surface area contributed by atoms with Gasteiger partial charge < -0.3 is 10.1 Å². The number of amides is 1. The highest BCUT2D eigenvalue weighted by Gasteiger charge is 2.10. The van der Waals surface area contributed by atoms with Crippen molar-refractivity contribution in [3.05, 3.63) is 70.7 Å². The van der Waals surface area contributed by atoms with Gasteiger partial charge in [0, 0.05) is 27.9 Å². The second kappa shape index (κ2) is 10.1. The molecule has 0 radical (unpaired) electrons. The number of pyridine rings is 1. The summed E-state index contributed by atoms with van der Waals surface area (Å²) in [6, 6.07) is 20.8. The van der Waals surface area contributed by atoms with Crippen molar-refractivity contribution in [3.8, 4) is 23.1 Å². The zero-order valence-corrected chi connectivity index (χ0v) is 18.1. The molecule has 0 fully saturated rings. The highest BCUT2D eigenvalue weighted by molar-refractivity contribution is 9.10. The van der Waals surface area contributed by atoms with Crippen LogP contribution in [0.25, 0.3) is 11.3 Å². The number of nitrogens with one attached hydrogen (secondary N) is 1. The quantitative estimate of drug-likeness (QED) is 0.463. The molecular formula is C22H18BrN3O2S. The molecule has 1 N–H and O–H groups in total. The maximum Gasteiger partial charge on any atom is 0.225 e. The molecule has 1 heterocycles. The summed E-state index contributed by atoms with van der Waals surface area (Å²) < 4.78 is 6.14. The van der Waals surface area contributed by atoms with Crippen LogP contribution in [0.4, 0.5) is 5.69 Å². The summed E-state index contributed by atoms with van der Waals surface area (Å²) in [5.74, 6) is 1.22. The number of methoxy groups -OCH3 is 1. The second-order valence-electron chi connectivity index (χ2n) is 6.04. The van der Waals surface area contributed by atoms with E-state index in [1.807, 2.05) is 54.6 Å². The fraction of sp³-hybridized carbons (Fsp3) is 0.136. The number of benzene rings is 2. The average Bonchev–Trinajstić information content (AvgIpc) is 2.75. The van der Waals surface area contributed by atoms with Crippen molar-refractivity contribution in [3.63, 3.8) is 0 Å². The number of carbonyl (C=O) groups excluding carboxylic acids is 1. The predicted octanol–water partition coefficient (Wildman–Crippen LogP) is 5.51. The summed E-state index contributed by atoms with van der Waals surface area (Å²) in [4.78, 5) is 16.8. The van der Waals surface area contributed by atoms with Gasteiger partial charge in [0.15, 0.2) is 0 Å². The van der Waals surface area contributed by atoms with Crippen LogP contribution < -0.4 is 10.1 Å². The van der Waals surface area contributed by atoms with Crippen molar-refractivity contribution in [2.75, 3.05) is 18.2 Å². The number of hydrogen-bond acceptors (Lipinski definition) is 5. The van der Waals surface area contributed by atoms with E-state index in [0.717, 1.165) is 27.2 Å². The lowest BCUT2D eigenvalue weighted by Gasteiger charge is -2.08. The van der Waals surface area contributed by atoms with Gasteiger partial charge in [0.2, 0.25) is 5.91 Å². The molecule has 7 heteroatoms. The van der Waals surface area contributed by atoms with E-state index in [1.165, 1.54) is 11.8 Å². The summed E-state index contributed by atoms with van der Waals surface area (Å²) in [7, 11) is 1.62. The summed E-state index contributed by atoms with van der Waals surface area (Å²) >= 11 is 4.77. The highest BCUT2D eigenvalue weighted by atomic mass is 79.9. The minimum absolute atomic E-state index is 0.0790. The Morgan fingerprint density at radius 2 is 1.86 bits per heavy atom. The first kappa shape index (κ1) is 20.9. The summed E-state index contributed by atoms with van der Waals surface area (Å²) in [5, 5.41) is 12.9. The topological polar surface area (TPSA) is 75.0 Å². The number of nitriles is 1. The largest absolute Gasteiger partial charge is 0.497 e. The molecule has 1 aromatic heterocycles. The molecule has 0 bridgehead atoms. The van der Waals surface area contributed by atoms with Crippen LogP contribution in [-0.2, 0) is 4.79 Å². The van der Waals surface area contributed by atoms with E-state index in [9.17, 15) is 10.1 Å². The van der Waals surface area contributed by atoms with Crippen LogP contribution in [0.15, 0.2) is 70.2 Å². The predicted molar refractivity (Wildman–Crippen MR) is 119 cm³/mol. The second-order valence-corrected chi connectivity index (χ2v) is 8.04. The number of anilines is 1. The van der Waals surface area contributed by atoms with E-state index in [2.05, 4.69) is 32.3 Å². The molecule has 5 nitrogen and oxygen atoms in total. The molecule has 0 atom stereocenters. The zero-order chi connectivity index (χ0) is 20.6. The minimum Gasteiger partial charge on any atom is -0.497 e. The van der Waals surface area contributed by atoms with Crippen molar-refractivity contribution in [1.82, 2.24) is 4.98 Å². The Bertz CT molecular complexity index is 1030. The molecule has 1 amide bonds. The lowest BCUT2D eigenvalue weighted by molar-refractivity contribution is -0.115. The smallest absolute Gasteiger partial charge is 0.225 e. The number of thioether (sulfide) groups is 1. The van der Waals surface area contributed by atoms with Gasteiger partial charge in [-0.05, 0) is 60.7 Å². The van der Waals surface area contributed by atoms with Crippen LogP contribution in [0, 0.1) is 11.3 Å². The third kappa shape index (κ3) is 5.83. The molecule has 0 unspecified atom stereocenters. The van der Waals surface area contributed by atoms with Crippen LogP contribution in [0.1, 0.15) is 12.0 Å². The normalized spacial score (nSPS) is 10.2. The number of aromatic nitrogens is 1. The van der Waals surface area contributed by atoms with Crippen LogP contribution in [0.5, 0.6) is 5.75 Å². The Kier molecular flexibility index (Phi) is 7.28. The van der Waals surface area contributed by atoms with Gasteiger partial charge in [-0.2, -0.15) is 5.26 Å². The molecule has 3 aromatic rings. The van der Waals surface area contributed by atoms with E-state index in [0.29, 0.717) is 22.8 Å². The third-order valence-electron chi connectivity index (χ3n) is 4.06.